The van der Waals surface area contributed by atoms with Gasteiger partial charge in [-0.05, 0) is 38.3 Å². The maximum atomic E-state index is 12.4. The molecule has 0 saturated carbocycles. The number of aromatic nitrogens is 1. The Kier molecular flexibility index (Phi) is 3.49. The summed E-state index contributed by atoms with van der Waals surface area (Å²) in [5.41, 5.74) is 1.63. The highest BCUT2D eigenvalue weighted by atomic mass is 32.2. The summed E-state index contributed by atoms with van der Waals surface area (Å²) < 4.78 is 26.4. The molecule has 1 aliphatic heterocycles. The van der Waals surface area contributed by atoms with Crippen LogP contribution < -0.4 is 0 Å². The van der Waals surface area contributed by atoms with Crippen LogP contribution in [0.4, 0.5) is 0 Å². The zero-order valence-corrected chi connectivity index (χ0v) is 11.1. The van der Waals surface area contributed by atoms with Crippen LogP contribution in [0.3, 0.4) is 0 Å². The number of piperidine rings is 1. The Morgan fingerprint density at radius 1 is 1.18 bits per heavy atom. The van der Waals surface area contributed by atoms with Gasteiger partial charge in [0, 0.05) is 25.0 Å². The monoisotopic (exact) mass is 254 g/mol. The van der Waals surface area contributed by atoms with Crippen LogP contribution in [-0.2, 0) is 10.0 Å². The third-order valence-electron chi connectivity index (χ3n) is 3.13. The van der Waals surface area contributed by atoms with Crippen molar-refractivity contribution in [2.75, 3.05) is 13.1 Å². The molecule has 0 bridgehead atoms. The first-order valence-electron chi connectivity index (χ1n) is 5.95. The normalized spacial score (nSPS) is 18.2. The number of pyridine rings is 1. The van der Waals surface area contributed by atoms with Gasteiger partial charge >= 0.3 is 0 Å². The van der Waals surface area contributed by atoms with Gasteiger partial charge in [-0.15, -0.1) is 0 Å². The van der Waals surface area contributed by atoms with Crippen LogP contribution in [0.25, 0.3) is 0 Å². The van der Waals surface area contributed by atoms with Crippen LogP contribution in [0.5, 0.6) is 0 Å². The lowest BCUT2D eigenvalue weighted by Crippen LogP contribution is -2.36. The van der Waals surface area contributed by atoms with Crippen molar-refractivity contribution in [2.45, 2.75) is 38.0 Å². The first-order chi connectivity index (χ1) is 8.01. The van der Waals surface area contributed by atoms with E-state index in [4.69, 9.17) is 0 Å². The quantitative estimate of drug-likeness (QED) is 0.809. The fourth-order valence-corrected chi connectivity index (χ4v) is 3.87. The number of hydrogen-bond donors (Lipinski definition) is 0. The molecule has 0 N–H and O–H groups in total. The van der Waals surface area contributed by atoms with Gasteiger partial charge in [0.25, 0.3) is 0 Å². The molecule has 17 heavy (non-hydrogen) atoms. The maximum absolute atomic E-state index is 12.4. The Hall–Kier alpha value is -0.940. The Balaban J connectivity index is 2.37. The Labute approximate surface area is 103 Å². The lowest BCUT2D eigenvalue weighted by atomic mass is 10.2. The average molecular weight is 254 g/mol. The standard InChI is InChI=1S/C12H18N2O2S/c1-10-8-11(2)13-9-12(10)17(15,16)14-6-4-3-5-7-14/h8-9H,3-7H2,1-2H3. The molecular formula is C12H18N2O2S. The Bertz CT molecular complexity index is 505. The molecule has 2 rings (SSSR count). The first-order valence-corrected chi connectivity index (χ1v) is 7.39. The van der Waals surface area contributed by atoms with Crippen molar-refractivity contribution in [2.24, 2.45) is 0 Å². The fraction of sp³-hybridized carbons (Fsp3) is 0.583. The SMILES string of the molecule is Cc1cc(C)c(S(=O)(=O)N2CCCCC2)cn1. The van der Waals surface area contributed by atoms with Crippen molar-refractivity contribution >= 4 is 10.0 Å². The molecule has 2 heterocycles. The van der Waals surface area contributed by atoms with E-state index in [0.717, 1.165) is 30.5 Å². The van der Waals surface area contributed by atoms with Crippen molar-refractivity contribution in [3.8, 4) is 0 Å². The molecule has 0 amide bonds. The second-order valence-electron chi connectivity index (χ2n) is 4.56. The van der Waals surface area contributed by atoms with Gasteiger partial charge < -0.3 is 0 Å². The summed E-state index contributed by atoms with van der Waals surface area (Å²) in [6.07, 6.45) is 4.51. The van der Waals surface area contributed by atoms with Crippen molar-refractivity contribution < 1.29 is 8.42 Å². The second kappa shape index (κ2) is 4.74. The van der Waals surface area contributed by atoms with Gasteiger partial charge in [-0.2, -0.15) is 4.31 Å². The van der Waals surface area contributed by atoms with Crippen LogP contribution in [0.15, 0.2) is 17.2 Å². The molecule has 1 saturated heterocycles. The van der Waals surface area contributed by atoms with Crippen molar-refractivity contribution in [1.82, 2.24) is 9.29 Å². The fourth-order valence-electron chi connectivity index (χ4n) is 2.20. The molecule has 0 radical (unpaired) electrons. The van der Waals surface area contributed by atoms with Gasteiger partial charge in [-0.3, -0.25) is 4.98 Å². The molecule has 1 aliphatic rings. The molecule has 1 aromatic heterocycles. The molecule has 1 aromatic rings. The van der Waals surface area contributed by atoms with Gasteiger partial charge in [0.1, 0.15) is 4.90 Å². The molecule has 1 fully saturated rings. The van der Waals surface area contributed by atoms with Crippen LogP contribution in [-0.4, -0.2) is 30.8 Å². The zero-order chi connectivity index (χ0) is 12.5. The number of nitrogens with zero attached hydrogens (tertiary/aromatic N) is 2. The van der Waals surface area contributed by atoms with Crippen LogP contribution in [0, 0.1) is 13.8 Å². The van der Waals surface area contributed by atoms with E-state index in [0.29, 0.717) is 18.0 Å². The van der Waals surface area contributed by atoms with Crippen LogP contribution >= 0.6 is 0 Å². The highest BCUT2D eigenvalue weighted by molar-refractivity contribution is 7.89. The highest BCUT2D eigenvalue weighted by Crippen LogP contribution is 2.22. The van der Waals surface area contributed by atoms with Crippen molar-refractivity contribution in [1.29, 1.82) is 0 Å². The van der Waals surface area contributed by atoms with E-state index in [1.54, 1.807) is 4.31 Å². The van der Waals surface area contributed by atoms with Crippen molar-refractivity contribution in [3.63, 3.8) is 0 Å². The third kappa shape index (κ3) is 2.50. The smallest absolute Gasteiger partial charge is 0.244 e. The third-order valence-corrected chi connectivity index (χ3v) is 5.16. The minimum Gasteiger partial charge on any atom is -0.260 e. The van der Waals surface area contributed by atoms with E-state index >= 15 is 0 Å². The van der Waals surface area contributed by atoms with E-state index in [-0.39, 0.29) is 0 Å². The largest absolute Gasteiger partial charge is 0.260 e. The summed E-state index contributed by atoms with van der Waals surface area (Å²) in [6, 6.07) is 1.82. The molecule has 0 unspecified atom stereocenters. The average Bonchev–Trinajstić information content (AvgIpc) is 2.29. The number of sulfonamides is 1. The molecule has 5 heteroatoms. The number of rotatable bonds is 2. The summed E-state index contributed by atoms with van der Waals surface area (Å²) >= 11 is 0. The Morgan fingerprint density at radius 2 is 1.82 bits per heavy atom. The summed E-state index contributed by atoms with van der Waals surface area (Å²) in [5, 5.41) is 0. The molecule has 94 valence electrons. The van der Waals surface area contributed by atoms with Gasteiger partial charge in [0.15, 0.2) is 0 Å². The lowest BCUT2D eigenvalue weighted by molar-refractivity contribution is 0.346. The summed E-state index contributed by atoms with van der Waals surface area (Å²) in [6.45, 7) is 4.96. The minimum atomic E-state index is -3.34. The van der Waals surface area contributed by atoms with E-state index < -0.39 is 10.0 Å². The highest BCUT2D eigenvalue weighted by Gasteiger charge is 2.27. The van der Waals surface area contributed by atoms with Gasteiger partial charge in [-0.25, -0.2) is 8.42 Å². The lowest BCUT2D eigenvalue weighted by Gasteiger charge is -2.26. The molecule has 0 spiro atoms. The van der Waals surface area contributed by atoms with Crippen LogP contribution in [0.1, 0.15) is 30.5 Å². The molecule has 4 nitrogen and oxygen atoms in total. The molecular weight excluding hydrogens is 236 g/mol. The van der Waals surface area contributed by atoms with E-state index in [9.17, 15) is 8.42 Å². The minimum absolute atomic E-state index is 0.352. The first kappa shape index (κ1) is 12.5. The second-order valence-corrected chi connectivity index (χ2v) is 6.46. The van der Waals surface area contributed by atoms with Gasteiger partial charge in [0.05, 0.1) is 0 Å². The van der Waals surface area contributed by atoms with Gasteiger partial charge in [0.2, 0.25) is 10.0 Å². The van der Waals surface area contributed by atoms with Gasteiger partial charge in [-0.1, -0.05) is 6.42 Å². The summed E-state index contributed by atoms with van der Waals surface area (Å²) in [4.78, 5) is 4.45. The molecule has 0 aromatic carbocycles. The summed E-state index contributed by atoms with van der Waals surface area (Å²) in [7, 11) is -3.34. The molecule has 0 aliphatic carbocycles. The van der Waals surface area contributed by atoms with E-state index in [1.165, 1.54) is 6.20 Å². The predicted octanol–water partition coefficient (Wildman–Crippen LogP) is 1.87. The topological polar surface area (TPSA) is 50.3 Å². The molecule has 0 atom stereocenters. The van der Waals surface area contributed by atoms with E-state index in [1.807, 2.05) is 19.9 Å². The summed E-state index contributed by atoms with van der Waals surface area (Å²) in [5.74, 6) is 0. The van der Waals surface area contributed by atoms with Crippen molar-refractivity contribution in [3.05, 3.63) is 23.5 Å². The number of hydrogen-bond acceptors (Lipinski definition) is 3. The Morgan fingerprint density at radius 3 is 2.41 bits per heavy atom. The van der Waals surface area contributed by atoms with E-state index in [2.05, 4.69) is 4.98 Å². The maximum Gasteiger partial charge on any atom is 0.244 e. The predicted molar refractivity (Wildman–Crippen MR) is 66.3 cm³/mol. The number of aryl methyl sites for hydroxylation is 2. The zero-order valence-electron chi connectivity index (χ0n) is 10.3. The van der Waals surface area contributed by atoms with Crippen LogP contribution in [0.2, 0.25) is 0 Å².